The Hall–Kier alpha value is -2.89. The SMILES string of the molecule is Cc1cc(C)n(C[C@H](C)CNC(=O)c2cc3ccccc3[nH]c2=O)n1. The molecule has 1 aromatic carbocycles. The van der Waals surface area contributed by atoms with E-state index in [0.717, 1.165) is 22.3 Å². The van der Waals surface area contributed by atoms with Crippen LogP contribution in [0, 0.1) is 19.8 Å². The molecule has 3 aromatic rings. The van der Waals surface area contributed by atoms with Crippen molar-refractivity contribution in [2.24, 2.45) is 5.92 Å². The molecule has 1 atom stereocenters. The summed E-state index contributed by atoms with van der Waals surface area (Å²) in [7, 11) is 0. The van der Waals surface area contributed by atoms with Gasteiger partial charge in [0.2, 0.25) is 0 Å². The van der Waals surface area contributed by atoms with Crippen molar-refractivity contribution in [3.63, 3.8) is 0 Å². The normalized spacial score (nSPS) is 12.3. The molecule has 0 aliphatic heterocycles. The van der Waals surface area contributed by atoms with Gasteiger partial charge in [0, 0.05) is 24.3 Å². The average molecular weight is 338 g/mol. The van der Waals surface area contributed by atoms with Crippen molar-refractivity contribution in [1.82, 2.24) is 20.1 Å². The number of nitrogens with zero attached hydrogens (tertiary/aromatic N) is 2. The van der Waals surface area contributed by atoms with Crippen molar-refractivity contribution in [3.8, 4) is 0 Å². The minimum atomic E-state index is -0.373. The lowest BCUT2D eigenvalue weighted by Crippen LogP contribution is -2.33. The summed E-state index contributed by atoms with van der Waals surface area (Å²) < 4.78 is 1.94. The van der Waals surface area contributed by atoms with Crippen LogP contribution < -0.4 is 10.9 Å². The number of para-hydroxylation sites is 1. The third-order valence-corrected chi connectivity index (χ3v) is 4.20. The number of carbonyl (C=O) groups is 1. The number of hydrogen-bond acceptors (Lipinski definition) is 3. The molecule has 25 heavy (non-hydrogen) atoms. The lowest BCUT2D eigenvalue weighted by atomic mass is 10.1. The molecule has 0 aliphatic rings. The highest BCUT2D eigenvalue weighted by Gasteiger charge is 2.14. The molecule has 1 amide bonds. The van der Waals surface area contributed by atoms with Gasteiger partial charge in [0.15, 0.2) is 0 Å². The molecule has 6 nitrogen and oxygen atoms in total. The van der Waals surface area contributed by atoms with E-state index in [0.29, 0.717) is 13.1 Å². The zero-order valence-corrected chi connectivity index (χ0v) is 14.7. The number of carbonyl (C=O) groups excluding carboxylic acids is 1. The maximum atomic E-state index is 12.4. The maximum absolute atomic E-state index is 12.4. The third-order valence-electron chi connectivity index (χ3n) is 4.20. The number of aromatic amines is 1. The second-order valence-corrected chi connectivity index (χ2v) is 6.52. The van der Waals surface area contributed by atoms with Crippen LogP contribution in [0.3, 0.4) is 0 Å². The average Bonchev–Trinajstić information content (AvgIpc) is 2.89. The molecule has 6 heteroatoms. The van der Waals surface area contributed by atoms with Crippen LogP contribution in [-0.4, -0.2) is 27.2 Å². The molecule has 2 heterocycles. The van der Waals surface area contributed by atoms with E-state index in [9.17, 15) is 9.59 Å². The number of pyridine rings is 1. The van der Waals surface area contributed by atoms with E-state index in [1.54, 1.807) is 6.07 Å². The summed E-state index contributed by atoms with van der Waals surface area (Å²) in [5.41, 5.74) is 2.57. The zero-order chi connectivity index (χ0) is 18.0. The van der Waals surface area contributed by atoms with Gasteiger partial charge in [-0.2, -0.15) is 5.10 Å². The lowest BCUT2D eigenvalue weighted by molar-refractivity contribution is 0.0945. The van der Waals surface area contributed by atoms with Crippen molar-refractivity contribution in [2.45, 2.75) is 27.3 Å². The monoisotopic (exact) mass is 338 g/mol. The molecular formula is C19H22N4O2. The van der Waals surface area contributed by atoms with Crippen molar-refractivity contribution in [1.29, 1.82) is 0 Å². The van der Waals surface area contributed by atoms with E-state index in [1.807, 2.05) is 55.8 Å². The molecule has 0 bridgehead atoms. The standard InChI is InChI=1S/C19H22N4O2/c1-12(11-23-14(3)8-13(2)22-23)10-20-18(24)16-9-15-6-4-5-7-17(15)21-19(16)25/h4-9,12H,10-11H2,1-3H3,(H,20,24)(H,21,25)/t12-/m1/s1. The summed E-state index contributed by atoms with van der Waals surface area (Å²) in [5.74, 6) is -0.159. The number of hydrogen-bond donors (Lipinski definition) is 2. The Kier molecular flexibility index (Phi) is 4.70. The van der Waals surface area contributed by atoms with E-state index in [-0.39, 0.29) is 22.9 Å². The fourth-order valence-corrected chi connectivity index (χ4v) is 2.90. The fourth-order valence-electron chi connectivity index (χ4n) is 2.90. The minimum Gasteiger partial charge on any atom is -0.352 e. The molecular weight excluding hydrogens is 316 g/mol. The summed E-state index contributed by atoms with van der Waals surface area (Å²) in [6.45, 7) is 7.21. The molecule has 0 saturated heterocycles. The molecule has 0 aliphatic carbocycles. The number of aromatic nitrogens is 3. The largest absolute Gasteiger partial charge is 0.352 e. The molecule has 0 radical (unpaired) electrons. The van der Waals surface area contributed by atoms with Gasteiger partial charge in [-0.3, -0.25) is 14.3 Å². The van der Waals surface area contributed by atoms with E-state index in [4.69, 9.17) is 0 Å². The number of H-pyrrole nitrogens is 1. The number of fused-ring (bicyclic) bond motifs is 1. The van der Waals surface area contributed by atoms with Gasteiger partial charge in [0.25, 0.3) is 11.5 Å². The summed E-state index contributed by atoms with van der Waals surface area (Å²) in [4.78, 5) is 27.3. The summed E-state index contributed by atoms with van der Waals surface area (Å²) in [6.07, 6.45) is 0. The van der Waals surface area contributed by atoms with Gasteiger partial charge in [-0.05, 0) is 43.4 Å². The molecule has 3 rings (SSSR count). The first-order valence-electron chi connectivity index (χ1n) is 8.35. The fraction of sp³-hybridized carbons (Fsp3) is 0.316. The topological polar surface area (TPSA) is 79.8 Å². The zero-order valence-electron chi connectivity index (χ0n) is 14.7. The number of amides is 1. The van der Waals surface area contributed by atoms with Gasteiger partial charge in [0.05, 0.1) is 5.69 Å². The van der Waals surface area contributed by atoms with Crippen molar-refractivity contribution in [2.75, 3.05) is 6.54 Å². The van der Waals surface area contributed by atoms with Crippen LogP contribution in [0.1, 0.15) is 28.7 Å². The Balaban J connectivity index is 1.67. The van der Waals surface area contributed by atoms with Gasteiger partial charge in [-0.1, -0.05) is 25.1 Å². The maximum Gasteiger partial charge on any atom is 0.261 e. The van der Waals surface area contributed by atoms with Crippen LogP contribution in [-0.2, 0) is 6.54 Å². The first-order valence-corrected chi connectivity index (χ1v) is 8.35. The number of rotatable bonds is 5. The highest BCUT2D eigenvalue weighted by molar-refractivity contribution is 5.97. The van der Waals surface area contributed by atoms with Crippen molar-refractivity contribution < 1.29 is 4.79 Å². The van der Waals surface area contributed by atoms with E-state index in [2.05, 4.69) is 15.4 Å². The Labute approximate surface area is 145 Å². The number of benzene rings is 1. The quantitative estimate of drug-likeness (QED) is 0.750. The van der Waals surface area contributed by atoms with Crippen molar-refractivity contribution in [3.05, 3.63) is 63.7 Å². The molecule has 0 unspecified atom stereocenters. The second-order valence-electron chi connectivity index (χ2n) is 6.52. The lowest BCUT2D eigenvalue weighted by Gasteiger charge is -2.14. The third kappa shape index (κ3) is 3.79. The van der Waals surface area contributed by atoms with Crippen LogP contribution in [0.4, 0.5) is 0 Å². The van der Waals surface area contributed by atoms with Crippen LogP contribution in [0.5, 0.6) is 0 Å². The van der Waals surface area contributed by atoms with Gasteiger partial charge in [-0.25, -0.2) is 0 Å². The van der Waals surface area contributed by atoms with Crippen LogP contribution in [0.15, 0.2) is 41.2 Å². The van der Waals surface area contributed by atoms with Gasteiger partial charge < -0.3 is 10.3 Å². The molecule has 0 fully saturated rings. The molecule has 2 aromatic heterocycles. The van der Waals surface area contributed by atoms with Gasteiger partial charge in [0.1, 0.15) is 5.56 Å². The van der Waals surface area contributed by atoms with Crippen molar-refractivity contribution >= 4 is 16.8 Å². The summed E-state index contributed by atoms with van der Waals surface area (Å²) in [6, 6.07) is 11.1. The predicted octanol–water partition coefficient (Wildman–Crippen LogP) is 2.41. The highest BCUT2D eigenvalue weighted by atomic mass is 16.2. The molecule has 0 spiro atoms. The molecule has 2 N–H and O–H groups in total. The van der Waals surface area contributed by atoms with E-state index >= 15 is 0 Å². The van der Waals surface area contributed by atoms with Gasteiger partial charge in [-0.15, -0.1) is 0 Å². The summed E-state index contributed by atoms with van der Waals surface area (Å²) in [5, 5.41) is 8.12. The van der Waals surface area contributed by atoms with E-state index < -0.39 is 0 Å². The summed E-state index contributed by atoms with van der Waals surface area (Å²) >= 11 is 0. The number of aryl methyl sites for hydroxylation is 2. The smallest absolute Gasteiger partial charge is 0.261 e. The minimum absolute atomic E-state index is 0.136. The Morgan fingerprint density at radius 3 is 2.76 bits per heavy atom. The van der Waals surface area contributed by atoms with Gasteiger partial charge >= 0.3 is 0 Å². The molecule has 0 saturated carbocycles. The Bertz CT molecular complexity index is 971. The van der Waals surface area contributed by atoms with Crippen LogP contribution in [0.25, 0.3) is 10.9 Å². The second kappa shape index (κ2) is 6.93. The van der Waals surface area contributed by atoms with Crippen LogP contribution >= 0.6 is 0 Å². The first-order chi connectivity index (χ1) is 11.9. The highest BCUT2D eigenvalue weighted by Crippen LogP contribution is 2.10. The van der Waals surface area contributed by atoms with Crippen LogP contribution in [0.2, 0.25) is 0 Å². The predicted molar refractivity (Wildman–Crippen MR) is 97.8 cm³/mol. The van der Waals surface area contributed by atoms with E-state index in [1.165, 1.54) is 0 Å². The number of nitrogens with one attached hydrogen (secondary N) is 2. The Morgan fingerprint density at radius 1 is 1.28 bits per heavy atom. The Morgan fingerprint density at radius 2 is 2.04 bits per heavy atom. The first kappa shape index (κ1) is 17.0. The molecule has 130 valence electrons.